The fourth-order valence-corrected chi connectivity index (χ4v) is 1.39. The fourth-order valence-electron chi connectivity index (χ4n) is 1.39. The summed E-state index contributed by atoms with van der Waals surface area (Å²) in [6, 6.07) is 8.07. The van der Waals surface area contributed by atoms with E-state index in [0.29, 0.717) is 12.4 Å². The van der Waals surface area contributed by atoms with Gasteiger partial charge in [0.2, 0.25) is 5.82 Å². The molecule has 5 nitrogen and oxygen atoms in total. The highest BCUT2D eigenvalue weighted by Gasteiger charge is 2.04. The lowest BCUT2D eigenvalue weighted by Gasteiger charge is -1.96. The van der Waals surface area contributed by atoms with Crippen LogP contribution >= 0.6 is 0 Å². The lowest BCUT2D eigenvalue weighted by atomic mass is 10.1. The van der Waals surface area contributed by atoms with E-state index < -0.39 is 0 Å². The predicted molar refractivity (Wildman–Crippen MR) is 61.7 cm³/mol. The highest BCUT2D eigenvalue weighted by Crippen LogP contribution is 2.13. The number of tetrazole rings is 1. The highest BCUT2D eigenvalue weighted by atomic mass is 15.6. The van der Waals surface area contributed by atoms with E-state index in [0.717, 1.165) is 18.5 Å². The molecule has 0 spiro atoms. The molecule has 0 atom stereocenters. The maximum Gasteiger partial charge on any atom is 0.204 e. The Morgan fingerprint density at radius 3 is 2.69 bits per heavy atom. The molecule has 84 valence electrons. The summed E-state index contributed by atoms with van der Waals surface area (Å²) in [5.41, 5.74) is 7.63. The van der Waals surface area contributed by atoms with Gasteiger partial charge in [0.25, 0.3) is 0 Å². The molecule has 0 aliphatic carbocycles. The lowest BCUT2D eigenvalue weighted by molar-refractivity contribution is 0.504. The first-order valence-electron chi connectivity index (χ1n) is 5.34. The van der Waals surface area contributed by atoms with Gasteiger partial charge in [-0.05, 0) is 25.1 Å². The molecule has 0 saturated carbocycles. The van der Waals surface area contributed by atoms with E-state index in [9.17, 15) is 0 Å². The molecule has 2 aromatic rings. The standard InChI is InChI=1S/C11H15N5/c1-9-3-5-10(6-4-9)11-13-15-16(14-11)8-2-7-12/h3-6H,2,7-8,12H2,1H3. The van der Waals surface area contributed by atoms with Gasteiger partial charge in [0.05, 0.1) is 6.54 Å². The first-order chi connectivity index (χ1) is 7.79. The van der Waals surface area contributed by atoms with E-state index in [-0.39, 0.29) is 0 Å². The van der Waals surface area contributed by atoms with Crippen LogP contribution in [0.2, 0.25) is 0 Å². The molecule has 2 N–H and O–H groups in total. The van der Waals surface area contributed by atoms with Crippen molar-refractivity contribution in [1.29, 1.82) is 0 Å². The van der Waals surface area contributed by atoms with Crippen LogP contribution in [-0.2, 0) is 6.54 Å². The second-order valence-corrected chi connectivity index (χ2v) is 3.72. The number of aromatic nitrogens is 4. The molecule has 0 bridgehead atoms. The van der Waals surface area contributed by atoms with Crippen LogP contribution in [0.1, 0.15) is 12.0 Å². The lowest BCUT2D eigenvalue weighted by Crippen LogP contribution is -2.08. The van der Waals surface area contributed by atoms with Crippen LogP contribution in [0, 0.1) is 6.92 Å². The minimum atomic E-state index is 0.640. The first kappa shape index (κ1) is 10.8. The van der Waals surface area contributed by atoms with Gasteiger partial charge in [0, 0.05) is 5.56 Å². The third-order valence-electron chi connectivity index (χ3n) is 2.32. The van der Waals surface area contributed by atoms with Crippen LogP contribution in [0.25, 0.3) is 11.4 Å². The highest BCUT2D eigenvalue weighted by molar-refractivity contribution is 5.53. The maximum atomic E-state index is 5.42. The quantitative estimate of drug-likeness (QED) is 0.829. The number of nitrogens with zero attached hydrogens (tertiary/aromatic N) is 4. The summed E-state index contributed by atoms with van der Waals surface area (Å²) in [7, 11) is 0. The molecular formula is C11H15N5. The second-order valence-electron chi connectivity index (χ2n) is 3.72. The number of hydrogen-bond donors (Lipinski definition) is 1. The number of hydrogen-bond acceptors (Lipinski definition) is 4. The van der Waals surface area contributed by atoms with Crippen molar-refractivity contribution < 1.29 is 0 Å². The zero-order chi connectivity index (χ0) is 11.4. The van der Waals surface area contributed by atoms with E-state index in [1.54, 1.807) is 4.80 Å². The molecule has 1 aromatic carbocycles. The van der Waals surface area contributed by atoms with Crippen molar-refractivity contribution in [2.45, 2.75) is 19.9 Å². The number of nitrogens with two attached hydrogens (primary N) is 1. The van der Waals surface area contributed by atoms with E-state index in [4.69, 9.17) is 5.73 Å². The van der Waals surface area contributed by atoms with E-state index in [1.165, 1.54) is 5.56 Å². The minimum Gasteiger partial charge on any atom is -0.330 e. The molecular weight excluding hydrogens is 202 g/mol. The number of rotatable bonds is 4. The summed E-state index contributed by atoms with van der Waals surface area (Å²) < 4.78 is 0. The van der Waals surface area contributed by atoms with Crippen LogP contribution in [0.3, 0.4) is 0 Å². The van der Waals surface area contributed by atoms with Gasteiger partial charge in [-0.1, -0.05) is 29.8 Å². The van der Waals surface area contributed by atoms with Gasteiger partial charge in [-0.3, -0.25) is 0 Å². The Labute approximate surface area is 94.3 Å². The zero-order valence-electron chi connectivity index (χ0n) is 9.30. The average molecular weight is 217 g/mol. The van der Waals surface area contributed by atoms with Gasteiger partial charge in [0.1, 0.15) is 0 Å². The largest absolute Gasteiger partial charge is 0.330 e. The van der Waals surface area contributed by atoms with Crippen molar-refractivity contribution in [2.75, 3.05) is 6.54 Å². The second kappa shape index (κ2) is 4.85. The van der Waals surface area contributed by atoms with Gasteiger partial charge in [-0.2, -0.15) is 4.80 Å². The van der Waals surface area contributed by atoms with Gasteiger partial charge in [-0.15, -0.1) is 10.2 Å². The molecule has 0 radical (unpaired) electrons. The monoisotopic (exact) mass is 217 g/mol. The SMILES string of the molecule is Cc1ccc(-c2nnn(CCCN)n2)cc1. The van der Waals surface area contributed by atoms with Crippen molar-refractivity contribution in [3.05, 3.63) is 29.8 Å². The van der Waals surface area contributed by atoms with Gasteiger partial charge in [-0.25, -0.2) is 0 Å². The Morgan fingerprint density at radius 1 is 1.25 bits per heavy atom. The Kier molecular flexibility index (Phi) is 3.26. The van der Waals surface area contributed by atoms with Crippen molar-refractivity contribution in [2.24, 2.45) is 5.73 Å². The summed E-state index contributed by atoms with van der Waals surface area (Å²) >= 11 is 0. The molecule has 0 aliphatic rings. The minimum absolute atomic E-state index is 0.640. The molecule has 0 fully saturated rings. The van der Waals surface area contributed by atoms with Gasteiger partial charge >= 0.3 is 0 Å². The maximum absolute atomic E-state index is 5.42. The fraction of sp³-hybridized carbons (Fsp3) is 0.364. The molecule has 0 unspecified atom stereocenters. The van der Waals surface area contributed by atoms with Crippen molar-refractivity contribution in [3.63, 3.8) is 0 Å². The van der Waals surface area contributed by atoms with Crippen LogP contribution in [-0.4, -0.2) is 26.8 Å². The molecule has 0 amide bonds. The molecule has 2 rings (SSSR count). The number of aryl methyl sites for hydroxylation is 2. The van der Waals surface area contributed by atoms with Crippen molar-refractivity contribution >= 4 is 0 Å². The van der Waals surface area contributed by atoms with Crippen LogP contribution in [0.15, 0.2) is 24.3 Å². The third kappa shape index (κ3) is 2.43. The Bertz CT molecular complexity index is 446. The molecule has 0 aliphatic heterocycles. The summed E-state index contributed by atoms with van der Waals surface area (Å²) in [5, 5.41) is 12.3. The summed E-state index contributed by atoms with van der Waals surface area (Å²) in [4.78, 5) is 1.59. The normalized spacial score (nSPS) is 10.6. The molecule has 0 saturated heterocycles. The van der Waals surface area contributed by atoms with Gasteiger partial charge in [0.15, 0.2) is 0 Å². The van der Waals surface area contributed by atoms with E-state index in [2.05, 4.69) is 22.3 Å². The van der Waals surface area contributed by atoms with Crippen LogP contribution in [0.5, 0.6) is 0 Å². The first-order valence-corrected chi connectivity index (χ1v) is 5.34. The Balaban J connectivity index is 2.15. The van der Waals surface area contributed by atoms with E-state index >= 15 is 0 Å². The molecule has 1 heterocycles. The molecule has 16 heavy (non-hydrogen) atoms. The van der Waals surface area contributed by atoms with E-state index in [1.807, 2.05) is 24.3 Å². The predicted octanol–water partition coefficient (Wildman–Crippen LogP) is 0.997. The number of benzene rings is 1. The van der Waals surface area contributed by atoms with Crippen molar-refractivity contribution in [3.8, 4) is 11.4 Å². The Morgan fingerprint density at radius 2 is 2.00 bits per heavy atom. The third-order valence-corrected chi connectivity index (χ3v) is 2.32. The summed E-state index contributed by atoms with van der Waals surface area (Å²) in [5.74, 6) is 0.664. The van der Waals surface area contributed by atoms with Gasteiger partial charge < -0.3 is 5.73 Å². The topological polar surface area (TPSA) is 69.6 Å². The molecule has 1 aromatic heterocycles. The smallest absolute Gasteiger partial charge is 0.204 e. The summed E-state index contributed by atoms with van der Waals surface area (Å²) in [6.07, 6.45) is 0.865. The average Bonchev–Trinajstić information content (AvgIpc) is 2.76. The molecule has 5 heteroatoms. The van der Waals surface area contributed by atoms with Crippen LogP contribution < -0.4 is 5.73 Å². The summed E-state index contributed by atoms with van der Waals surface area (Å²) in [6.45, 7) is 3.41. The van der Waals surface area contributed by atoms with Crippen molar-refractivity contribution in [1.82, 2.24) is 20.2 Å². The Hall–Kier alpha value is -1.75. The van der Waals surface area contributed by atoms with Crippen LogP contribution in [0.4, 0.5) is 0 Å². The zero-order valence-corrected chi connectivity index (χ0v) is 9.30.